The molecule has 114 valence electrons. The van der Waals surface area contributed by atoms with Gasteiger partial charge in [-0.25, -0.2) is 9.59 Å². The Balaban J connectivity index is 2.03. The Kier molecular flexibility index (Phi) is 4.55. The van der Waals surface area contributed by atoms with Crippen LogP contribution in [-0.4, -0.2) is 40.1 Å². The number of carbonyl (C=O) groups excluding carboxylic acids is 1. The highest BCUT2D eigenvalue weighted by molar-refractivity contribution is 5.86. The Morgan fingerprint density at radius 3 is 2.40 bits per heavy atom. The molecule has 2 rings (SSSR count). The van der Waals surface area contributed by atoms with Crippen molar-refractivity contribution < 1.29 is 14.7 Å². The molecule has 2 amide bonds. The van der Waals surface area contributed by atoms with Crippen LogP contribution in [0.25, 0.3) is 0 Å². The van der Waals surface area contributed by atoms with Gasteiger partial charge in [0, 0.05) is 12.6 Å². The molecule has 2 aliphatic rings. The molecule has 2 N–H and O–H groups in total. The summed E-state index contributed by atoms with van der Waals surface area (Å²) in [5, 5.41) is 12.4. The number of rotatable bonds is 3. The molecule has 2 fully saturated rings. The lowest BCUT2D eigenvalue weighted by Gasteiger charge is -2.38. The fraction of sp³-hybridized carbons (Fsp3) is 0.867. The minimum Gasteiger partial charge on any atom is -0.480 e. The summed E-state index contributed by atoms with van der Waals surface area (Å²) in [5.74, 6) is -0.280. The van der Waals surface area contributed by atoms with Crippen molar-refractivity contribution in [1.82, 2.24) is 10.2 Å². The summed E-state index contributed by atoms with van der Waals surface area (Å²) < 4.78 is 0. The van der Waals surface area contributed by atoms with Crippen LogP contribution in [-0.2, 0) is 4.79 Å². The number of hydrogen-bond acceptors (Lipinski definition) is 2. The third-order valence-corrected chi connectivity index (χ3v) is 5.11. The van der Waals surface area contributed by atoms with Crippen molar-refractivity contribution in [3.05, 3.63) is 0 Å². The highest BCUT2D eigenvalue weighted by Crippen LogP contribution is 2.34. The lowest BCUT2D eigenvalue weighted by Crippen LogP contribution is -2.59. The standard InChI is InChI=1S/C15H26N2O3/c1-3-12-6-8-15(9-7-12,13(18)19)16-14(20)17-10-4-5-11(17)2/h11-12H,3-10H2,1-2H3,(H,16,20)(H,18,19). The van der Waals surface area contributed by atoms with E-state index in [-0.39, 0.29) is 12.1 Å². The molecule has 5 heteroatoms. The van der Waals surface area contributed by atoms with E-state index >= 15 is 0 Å². The van der Waals surface area contributed by atoms with Gasteiger partial charge in [0.1, 0.15) is 5.54 Å². The van der Waals surface area contributed by atoms with Gasteiger partial charge in [0.05, 0.1) is 0 Å². The van der Waals surface area contributed by atoms with Crippen LogP contribution in [0.4, 0.5) is 4.79 Å². The maximum atomic E-state index is 12.3. The molecule has 5 nitrogen and oxygen atoms in total. The molecule has 0 radical (unpaired) electrons. The SMILES string of the molecule is CCC1CCC(NC(=O)N2CCCC2C)(C(=O)O)CC1. The molecule has 0 aromatic heterocycles. The van der Waals surface area contributed by atoms with Crippen LogP contribution in [0.1, 0.15) is 58.8 Å². The monoisotopic (exact) mass is 282 g/mol. The Morgan fingerprint density at radius 2 is 1.95 bits per heavy atom. The van der Waals surface area contributed by atoms with E-state index < -0.39 is 11.5 Å². The van der Waals surface area contributed by atoms with Crippen LogP contribution < -0.4 is 5.32 Å². The summed E-state index contributed by atoms with van der Waals surface area (Å²) in [6, 6.07) is 0.0141. The van der Waals surface area contributed by atoms with E-state index in [0.717, 1.165) is 38.6 Å². The van der Waals surface area contributed by atoms with Crippen LogP contribution in [0.5, 0.6) is 0 Å². The van der Waals surface area contributed by atoms with Gasteiger partial charge in [0.2, 0.25) is 0 Å². The number of aliphatic carboxylic acids is 1. The van der Waals surface area contributed by atoms with Crippen molar-refractivity contribution in [2.45, 2.75) is 70.4 Å². The number of likely N-dealkylation sites (tertiary alicyclic amines) is 1. The van der Waals surface area contributed by atoms with Crippen molar-refractivity contribution in [1.29, 1.82) is 0 Å². The molecule has 1 saturated heterocycles. The molecule has 1 aliphatic carbocycles. The second-order valence-electron chi connectivity index (χ2n) is 6.35. The quantitative estimate of drug-likeness (QED) is 0.836. The fourth-order valence-electron chi connectivity index (χ4n) is 3.48. The first-order valence-electron chi connectivity index (χ1n) is 7.80. The minimum atomic E-state index is -1.05. The van der Waals surface area contributed by atoms with Gasteiger partial charge in [-0.05, 0) is 51.4 Å². The molecule has 20 heavy (non-hydrogen) atoms. The summed E-state index contributed by atoms with van der Waals surface area (Å²) in [5.41, 5.74) is -1.05. The van der Waals surface area contributed by atoms with Gasteiger partial charge in [-0.3, -0.25) is 0 Å². The number of nitrogens with one attached hydrogen (secondary N) is 1. The fourth-order valence-corrected chi connectivity index (χ4v) is 3.48. The van der Waals surface area contributed by atoms with E-state index in [9.17, 15) is 14.7 Å². The second kappa shape index (κ2) is 6.02. The maximum absolute atomic E-state index is 12.3. The molecule has 1 saturated carbocycles. The molecule has 1 aliphatic heterocycles. The van der Waals surface area contributed by atoms with Crippen molar-refractivity contribution in [2.24, 2.45) is 5.92 Å². The van der Waals surface area contributed by atoms with Gasteiger partial charge in [-0.15, -0.1) is 0 Å². The Bertz CT molecular complexity index is 375. The number of nitrogens with zero attached hydrogens (tertiary/aromatic N) is 1. The highest BCUT2D eigenvalue weighted by Gasteiger charge is 2.44. The van der Waals surface area contributed by atoms with Crippen LogP contribution in [0.2, 0.25) is 0 Å². The molecule has 0 spiro atoms. The van der Waals surface area contributed by atoms with E-state index in [1.54, 1.807) is 4.90 Å². The van der Waals surface area contributed by atoms with Crippen LogP contribution in [0.3, 0.4) is 0 Å². The van der Waals surface area contributed by atoms with E-state index in [1.807, 2.05) is 6.92 Å². The number of carbonyl (C=O) groups is 2. The number of amides is 2. The zero-order chi connectivity index (χ0) is 14.8. The van der Waals surface area contributed by atoms with Crippen molar-refractivity contribution >= 4 is 12.0 Å². The predicted octanol–water partition coefficient (Wildman–Crippen LogP) is 2.60. The molecule has 0 aromatic carbocycles. The first kappa shape index (κ1) is 15.1. The highest BCUT2D eigenvalue weighted by atomic mass is 16.4. The molecule has 0 bridgehead atoms. The minimum absolute atomic E-state index is 0.202. The smallest absolute Gasteiger partial charge is 0.329 e. The summed E-state index contributed by atoms with van der Waals surface area (Å²) >= 11 is 0. The molecule has 0 aromatic rings. The van der Waals surface area contributed by atoms with Crippen molar-refractivity contribution in [2.75, 3.05) is 6.54 Å². The summed E-state index contributed by atoms with van der Waals surface area (Å²) in [4.78, 5) is 25.8. The van der Waals surface area contributed by atoms with Gasteiger partial charge in [0.15, 0.2) is 0 Å². The second-order valence-corrected chi connectivity index (χ2v) is 6.35. The Morgan fingerprint density at radius 1 is 1.30 bits per heavy atom. The van der Waals surface area contributed by atoms with E-state index in [4.69, 9.17) is 0 Å². The largest absolute Gasteiger partial charge is 0.480 e. The van der Waals surface area contributed by atoms with Crippen molar-refractivity contribution in [3.63, 3.8) is 0 Å². The number of carboxylic acids is 1. The molecule has 1 heterocycles. The lowest BCUT2D eigenvalue weighted by molar-refractivity contribution is -0.146. The van der Waals surface area contributed by atoms with Gasteiger partial charge in [0.25, 0.3) is 0 Å². The predicted molar refractivity (Wildman–Crippen MR) is 76.5 cm³/mol. The average Bonchev–Trinajstić information content (AvgIpc) is 2.85. The Hall–Kier alpha value is -1.26. The molecule has 1 atom stereocenters. The van der Waals surface area contributed by atoms with E-state index in [1.165, 1.54) is 0 Å². The topological polar surface area (TPSA) is 69.6 Å². The third kappa shape index (κ3) is 2.91. The zero-order valence-corrected chi connectivity index (χ0v) is 12.5. The van der Waals surface area contributed by atoms with Gasteiger partial charge < -0.3 is 15.3 Å². The van der Waals surface area contributed by atoms with E-state index in [2.05, 4.69) is 12.2 Å². The van der Waals surface area contributed by atoms with Crippen LogP contribution >= 0.6 is 0 Å². The van der Waals surface area contributed by atoms with Crippen LogP contribution in [0, 0.1) is 5.92 Å². The van der Waals surface area contributed by atoms with Gasteiger partial charge >= 0.3 is 12.0 Å². The average molecular weight is 282 g/mol. The summed E-state index contributed by atoms with van der Waals surface area (Å²) in [6.45, 7) is 4.90. The Labute approximate surface area is 120 Å². The summed E-state index contributed by atoms with van der Waals surface area (Å²) in [7, 11) is 0. The van der Waals surface area contributed by atoms with Crippen molar-refractivity contribution in [3.8, 4) is 0 Å². The maximum Gasteiger partial charge on any atom is 0.329 e. The van der Waals surface area contributed by atoms with Crippen LogP contribution in [0.15, 0.2) is 0 Å². The van der Waals surface area contributed by atoms with E-state index in [0.29, 0.717) is 18.8 Å². The third-order valence-electron chi connectivity index (χ3n) is 5.11. The van der Waals surface area contributed by atoms with Gasteiger partial charge in [-0.1, -0.05) is 13.3 Å². The first-order valence-corrected chi connectivity index (χ1v) is 7.80. The normalized spacial score (nSPS) is 34.0. The molecule has 1 unspecified atom stereocenters. The molecular weight excluding hydrogens is 256 g/mol. The number of urea groups is 1. The zero-order valence-electron chi connectivity index (χ0n) is 12.5. The first-order chi connectivity index (χ1) is 9.48. The van der Waals surface area contributed by atoms with Gasteiger partial charge in [-0.2, -0.15) is 0 Å². The molecular formula is C15H26N2O3. The summed E-state index contributed by atoms with van der Waals surface area (Å²) in [6.07, 6.45) is 5.98. The lowest BCUT2D eigenvalue weighted by atomic mass is 9.75. The number of hydrogen-bond donors (Lipinski definition) is 2. The number of carboxylic acid groups (broad SMARTS) is 1.